The zero-order chi connectivity index (χ0) is 21.7. The number of H-pyrrole nitrogens is 1. The first-order valence-electron chi connectivity index (χ1n) is 8.84. The number of thioether (sulfide) groups is 1. The summed E-state index contributed by atoms with van der Waals surface area (Å²) in [7, 11) is 0. The molecule has 0 aliphatic rings. The smallest absolute Gasteiger partial charge is 0.313 e. The molecule has 0 bridgehead atoms. The molecule has 0 fully saturated rings. The maximum Gasteiger partial charge on any atom is 0.313 e. The highest BCUT2D eigenvalue weighted by Crippen LogP contribution is 2.21. The molecule has 0 saturated carbocycles. The standard InChI is InChI=1S/C20H17N3O6S/c24-18(25)11-30-20(27)17(9-13-10-21-16-4-2-1-3-15(13)16)22-19(26)12-5-7-14(8-6-12)23(28)29/h1-8,10,17,21H,9,11H2,(H,22,26)(H,24,25)/t17-/m0/s1. The number of nitro benzene ring substituents is 1. The van der Waals surface area contributed by atoms with Gasteiger partial charge < -0.3 is 15.4 Å². The van der Waals surface area contributed by atoms with Crippen LogP contribution in [0.3, 0.4) is 0 Å². The van der Waals surface area contributed by atoms with Crippen molar-refractivity contribution >= 4 is 45.3 Å². The molecule has 10 heteroatoms. The molecule has 30 heavy (non-hydrogen) atoms. The van der Waals surface area contributed by atoms with E-state index in [-0.39, 0.29) is 17.7 Å². The molecule has 0 aliphatic heterocycles. The molecule has 3 aromatic rings. The second-order valence-corrected chi connectivity index (χ2v) is 7.37. The predicted molar refractivity (Wildman–Crippen MR) is 111 cm³/mol. The summed E-state index contributed by atoms with van der Waals surface area (Å²) < 4.78 is 0. The van der Waals surface area contributed by atoms with E-state index in [1.54, 1.807) is 6.20 Å². The Morgan fingerprint density at radius 3 is 2.50 bits per heavy atom. The Hall–Kier alpha value is -3.66. The third kappa shape index (κ3) is 5.03. The lowest BCUT2D eigenvalue weighted by atomic mass is 10.1. The Balaban J connectivity index is 1.81. The van der Waals surface area contributed by atoms with E-state index in [0.717, 1.165) is 16.5 Å². The molecule has 0 radical (unpaired) electrons. The van der Waals surface area contributed by atoms with Gasteiger partial charge in [0.2, 0.25) is 5.12 Å². The fraction of sp³-hybridized carbons (Fsp3) is 0.150. The van der Waals surface area contributed by atoms with Gasteiger partial charge in [0.1, 0.15) is 6.04 Å². The molecule has 1 aromatic heterocycles. The van der Waals surface area contributed by atoms with Gasteiger partial charge in [0.05, 0.1) is 10.7 Å². The number of carbonyl (C=O) groups is 3. The van der Waals surface area contributed by atoms with Crippen molar-refractivity contribution in [1.82, 2.24) is 10.3 Å². The fourth-order valence-electron chi connectivity index (χ4n) is 2.92. The van der Waals surface area contributed by atoms with Gasteiger partial charge in [0.15, 0.2) is 0 Å². The molecular formula is C20H17N3O6S. The van der Waals surface area contributed by atoms with Crippen molar-refractivity contribution in [3.63, 3.8) is 0 Å². The Morgan fingerprint density at radius 2 is 1.83 bits per heavy atom. The summed E-state index contributed by atoms with van der Waals surface area (Å²) in [5.41, 5.74) is 1.66. The highest BCUT2D eigenvalue weighted by Gasteiger charge is 2.24. The number of fused-ring (bicyclic) bond motifs is 1. The van der Waals surface area contributed by atoms with Gasteiger partial charge >= 0.3 is 5.97 Å². The number of hydrogen-bond donors (Lipinski definition) is 3. The van der Waals surface area contributed by atoms with Crippen LogP contribution >= 0.6 is 11.8 Å². The summed E-state index contributed by atoms with van der Waals surface area (Å²) in [5, 5.41) is 22.6. The largest absolute Gasteiger partial charge is 0.481 e. The SMILES string of the molecule is O=C(O)CSC(=O)[C@H](Cc1c[nH]c2ccccc12)NC(=O)c1ccc([N+](=O)[O-])cc1. The molecule has 2 aromatic carbocycles. The van der Waals surface area contributed by atoms with E-state index in [1.165, 1.54) is 24.3 Å². The van der Waals surface area contributed by atoms with Crippen LogP contribution in [0.15, 0.2) is 54.7 Å². The Labute approximate surface area is 174 Å². The number of rotatable bonds is 8. The van der Waals surface area contributed by atoms with Crippen LogP contribution < -0.4 is 5.32 Å². The molecule has 1 heterocycles. The van der Waals surface area contributed by atoms with E-state index in [0.29, 0.717) is 11.8 Å². The number of nitrogens with one attached hydrogen (secondary N) is 2. The molecule has 3 rings (SSSR count). The summed E-state index contributed by atoms with van der Waals surface area (Å²) in [6, 6.07) is 11.5. The van der Waals surface area contributed by atoms with Crippen LogP contribution in [0.1, 0.15) is 15.9 Å². The summed E-state index contributed by atoms with van der Waals surface area (Å²) in [5.74, 6) is -2.14. The number of nitrogens with zero attached hydrogens (tertiary/aromatic N) is 1. The molecule has 0 spiro atoms. The zero-order valence-electron chi connectivity index (χ0n) is 15.5. The van der Waals surface area contributed by atoms with Crippen LogP contribution in [-0.2, 0) is 16.0 Å². The molecule has 0 aliphatic carbocycles. The number of aromatic nitrogens is 1. The summed E-state index contributed by atoms with van der Waals surface area (Å²) >= 11 is 0.611. The van der Waals surface area contributed by atoms with Crippen LogP contribution in [0.2, 0.25) is 0 Å². The Bertz CT molecular complexity index is 1110. The summed E-state index contributed by atoms with van der Waals surface area (Å²) in [6.07, 6.45) is 1.90. The zero-order valence-corrected chi connectivity index (χ0v) is 16.3. The van der Waals surface area contributed by atoms with Gasteiger partial charge in [-0.3, -0.25) is 24.5 Å². The topological polar surface area (TPSA) is 142 Å². The van der Waals surface area contributed by atoms with Crippen LogP contribution in [0.25, 0.3) is 10.9 Å². The minimum absolute atomic E-state index is 0.153. The van der Waals surface area contributed by atoms with Gasteiger partial charge in [-0.2, -0.15) is 0 Å². The van der Waals surface area contributed by atoms with Gasteiger partial charge in [0.25, 0.3) is 11.6 Å². The van der Waals surface area contributed by atoms with Crippen LogP contribution in [0, 0.1) is 10.1 Å². The monoisotopic (exact) mass is 427 g/mol. The lowest BCUT2D eigenvalue weighted by Crippen LogP contribution is -2.41. The second-order valence-electron chi connectivity index (χ2n) is 6.40. The second kappa shape index (κ2) is 9.23. The van der Waals surface area contributed by atoms with Crippen molar-refractivity contribution in [2.45, 2.75) is 12.5 Å². The average Bonchev–Trinajstić information content (AvgIpc) is 3.14. The maximum absolute atomic E-state index is 12.6. The maximum atomic E-state index is 12.6. The molecule has 9 nitrogen and oxygen atoms in total. The lowest BCUT2D eigenvalue weighted by Gasteiger charge is -2.17. The van der Waals surface area contributed by atoms with Gasteiger partial charge in [-0.25, -0.2) is 0 Å². The highest BCUT2D eigenvalue weighted by atomic mass is 32.2. The van der Waals surface area contributed by atoms with Gasteiger partial charge in [0, 0.05) is 41.2 Å². The molecule has 1 amide bonds. The highest BCUT2D eigenvalue weighted by molar-refractivity contribution is 8.14. The number of carboxylic acid groups (broad SMARTS) is 1. The van der Waals surface area contributed by atoms with Crippen LogP contribution in [0.4, 0.5) is 5.69 Å². The Kier molecular flexibility index (Phi) is 6.48. The van der Waals surface area contributed by atoms with Crippen molar-refractivity contribution in [2.24, 2.45) is 0 Å². The Morgan fingerprint density at radius 1 is 1.13 bits per heavy atom. The van der Waals surface area contributed by atoms with Gasteiger partial charge in [-0.05, 0) is 23.8 Å². The minimum atomic E-state index is -1.14. The number of non-ortho nitro benzene ring substituents is 1. The summed E-state index contributed by atoms with van der Waals surface area (Å²) in [6.45, 7) is 0. The third-order valence-electron chi connectivity index (χ3n) is 4.37. The number of benzene rings is 2. The van der Waals surface area contributed by atoms with Crippen molar-refractivity contribution in [3.8, 4) is 0 Å². The van der Waals surface area contributed by atoms with Crippen LogP contribution in [-0.4, -0.2) is 43.8 Å². The lowest BCUT2D eigenvalue weighted by molar-refractivity contribution is -0.384. The molecule has 0 saturated heterocycles. The van der Waals surface area contributed by atoms with Gasteiger partial charge in [-0.15, -0.1) is 0 Å². The first kappa shape index (κ1) is 21.1. The number of para-hydroxylation sites is 1. The van der Waals surface area contributed by atoms with E-state index in [9.17, 15) is 24.5 Å². The quantitative estimate of drug-likeness (QED) is 0.370. The van der Waals surface area contributed by atoms with E-state index in [2.05, 4.69) is 10.3 Å². The van der Waals surface area contributed by atoms with Crippen molar-refractivity contribution in [3.05, 3.63) is 76.0 Å². The van der Waals surface area contributed by atoms with Crippen molar-refractivity contribution in [2.75, 3.05) is 5.75 Å². The number of nitro groups is 1. The number of carboxylic acids is 1. The fourth-order valence-corrected chi connectivity index (χ4v) is 3.53. The summed E-state index contributed by atoms with van der Waals surface area (Å²) in [4.78, 5) is 49.3. The van der Waals surface area contributed by atoms with Crippen molar-refractivity contribution in [1.29, 1.82) is 0 Å². The first-order valence-corrected chi connectivity index (χ1v) is 9.82. The number of aliphatic carboxylic acids is 1. The first-order chi connectivity index (χ1) is 14.3. The number of carbonyl (C=O) groups excluding carboxylic acids is 2. The number of aromatic amines is 1. The molecule has 0 unspecified atom stereocenters. The average molecular weight is 427 g/mol. The van der Waals surface area contributed by atoms with Crippen molar-refractivity contribution < 1.29 is 24.4 Å². The van der Waals surface area contributed by atoms with Gasteiger partial charge in [-0.1, -0.05) is 30.0 Å². The number of amides is 1. The van der Waals surface area contributed by atoms with E-state index < -0.39 is 33.7 Å². The molecule has 154 valence electrons. The van der Waals surface area contributed by atoms with E-state index in [4.69, 9.17) is 5.11 Å². The minimum Gasteiger partial charge on any atom is -0.481 e. The molecule has 1 atom stereocenters. The van der Waals surface area contributed by atoms with E-state index in [1.807, 2.05) is 24.3 Å². The molecule has 3 N–H and O–H groups in total. The van der Waals surface area contributed by atoms with Crippen LogP contribution in [0.5, 0.6) is 0 Å². The number of hydrogen-bond acceptors (Lipinski definition) is 6. The van der Waals surface area contributed by atoms with E-state index >= 15 is 0 Å². The molecular weight excluding hydrogens is 410 g/mol. The third-order valence-corrected chi connectivity index (χ3v) is 5.33. The normalized spacial score (nSPS) is 11.7. The predicted octanol–water partition coefficient (Wildman–Crippen LogP) is 2.76.